The summed E-state index contributed by atoms with van der Waals surface area (Å²) in [6, 6.07) is 8.54. The maximum atomic E-state index is 4.14. The Hall–Kier alpha value is -0.910. The molecule has 0 bridgehead atoms. The van der Waals surface area contributed by atoms with Gasteiger partial charge in [-0.3, -0.25) is 0 Å². The van der Waals surface area contributed by atoms with Gasteiger partial charge in [0.05, 0.1) is 0 Å². The van der Waals surface area contributed by atoms with Gasteiger partial charge in [-0.15, -0.1) is 0 Å². The average molecular weight is 251 g/mol. The monoisotopic (exact) mass is 251 g/mol. The molecule has 0 saturated heterocycles. The molecule has 2 aromatic rings. The fraction of sp³-hybridized carbons (Fsp3) is 0.273. The summed E-state index contributed by atoms with van der Waals surface area (Å²) in [4.78, 5) is 5.35. The molecule has 0 aliphatic rings. The molecule has 1 heterocycles. The highest BCUT2D eigenvalue weighted by Crippen LogP contribution is 2.27. The SMILES string of the molecule is CCNCc1ccc(Sc2ncns2)cc1. The summed E-state index contributed by atoms with van der Waals surface area (Å²) < 4.78 is 4.96. The number of nitrogens with zero attached hydrogens (tertiary/aromatic N) is 2. The highest BCUT2D eigenvalue weighted by Gasteiger charge is 2.00. The zero-order valence-corrected chi connectivity index (χ0v) is 10.6. The molecule has 0 saturated carbocycles. The minimum absolute atomic E-state index is 0.931. The normalized spacial score (nSPS) is 10.6. The Labute approximate surface area is 103 Å². The molecule has 0 aliphatic heterocycles. The summed E-state index contributed by atoms with van der Waals surface area (Å²) in [6.45, 7) is 4.04. The van der Waals surface area contributed by atoms with E-state index in [9.17, 15) is 0 Å². The zero-order valence-electron chi connectivity index (χ0n) is 9.01. The van der Waals surface area contributed by atoms with Gasteiger partial charge in [0, 0.05) is 11.4 Å². The Morgan fingerprint density at radius 2 is 2.12 bits per heavy atom. The highest BCUT2D eigenvalue weighted by atomic mass is 32.2. The van der Waals surface area contributed by atoms with E-state index in [0.717, 1.165) is 17.4 Å². The lowest BCUT2D eigenvalue weighted by Crippen LogP contribution is -2.11. The Balaban J connectivity index is 1.96. The molecule has 1 N–H and O–H groups in total. The van der Waals surface area contributed by atoms with Crippen molar-refractivity contribution in [1.82, 2.24) is 14.7 Å². The van der Waals surface area contributed by atoms with Gasteiger partial charge in [0.15, 0.2) is 4.34 Å². The van der Waals surface area contributed by atoms with Crippen LogP contribution >= 0.6 is 23.3 Å². The Morgan fingerprint density at radius 1 is 1.31 bits per heavy atom. The van der Waals surface area contributed by atoms with E-state index in [1.54, 1.807) is 18.1 Å². The fourth-order valence-corrected chi connectivity index (χ4v) is 2.67. The van der Waals surface area contributed by atoms with Crippen LogP contribution in [0.15, 0.2) is 39.8 Å². The molecule has 2 rings (SSSR count). The molecule has 3 nitrogen and oxygen atoms in total. The Kier molecular flexibility index (Phi) is 4.33. The molecule has 0 amide bonds. The third-order valence-corrected chi connectivity index (χ3v) is 3.77. The number of nitrogens with one attached hydrogen (secondary N) is 1. The number of aromatic nitrogens is 2. The second-order valence-electron chi connectivity index (χ2n) is 3.23. The van der Waals surface area contributed by atoms with E-state index in [0.29, 0.717) is 0 Å². The zero-order chi connectivity index (χ0) is 11.2. The van der Waals surface area contributed by atoms with Crippen LogP contribution in [0, 0.1) is 0 Å². The summed E-state index contributed by atoms with van der Waals surface area (Å²) in [5.41, 5.74) is 1.31. The molecule has 1 aromatic carbocycles. The van der Waals surface area contributed by atoms with E-state index in [1.165, 1.54) is 22.0 Å². The van der Waals surface area contributed by atoms with E-state index in [1.807, 2.05) is 0 Å². The van der Waals surface area contributed by atoms with E-state index < -0.39 is 0 Å². The van der Waals surface area contributed by atoms with E-state index in [4.69, 9.17) is 0 Å². The molecule has 0 atom stereocenters. The summed E-state index contributed by atoms with van der Waals surface area (Å²) in [6.07, 6.45) is 1.59. The number of hydrogen-bond donors (Lipinski definition) is 1. The minimum atomic E-state index is 0.931. The maximum Gasteiger partial charge on any atom is 0.174 e. The Morgan fingerprint density at radius 3 is 2.75 bits per heavy atom. The van der Waals surface area contributed by atoms with Crippen LogP contribution < -0.4 is 5.32 Å². The smallest absolute Gasteiger partial charge is 0.174 e. The topological polar surface area (TPSA) is 37.8 Å². The van der Waals surface area contributed by atoms with Gasteiger partial charge in [-0.25, -0.2) is 4.98 Å². The molecule has 0 spiro atoms. The van der Waals surface area contributed by atoms with Crippen LogP contribution in [-0.2, 0) is 6.54 Å². The third-order valence-electron chi connectivity index (χ3n) is 2.05. The van der Waals surface area contributed by atoms with Crippen LogP contribution in [0.4, 0.5) is 0 Å². The van der Waals surface area contributed by atoms with E-state index >= 15 is 0 Å². The number of hydrogen-bond acceptors (Lipinski definition) is 5. The molecule has 5 heteroatoms. The third kappa shape index (κ3) is 3.30. The maximum absolute atomic E-state index is 4.14. The molecule has 0 unspecified atom stereocenters. The largest absolute Gasteiger partial charge is 0.313 e. The summed E-state index contributed by atoms with van der Waals surface area (Å²) in [5, 5.41) is 3.30. The number of benzene rings is 1. The summed E-state index contributed by atoms with van der Waals surface area (Å²) in [5.74, 6) is 0. The molecule has 1 aromatic heterocycles. The predicted octanol–water partition coefficient (Wildman–Crippen LogP) is 2.80. The van der Waals surface area contributed by atoms with Crippen LogP contribution in [0.2, 0.25) is 0 Å². The van der Waals surface area contributed by atoms with Gasteiger partial charge in [0.25, 0.3) is 0 Å². The lowest BCUT2D eigenvalue weighted by atomic mass is 10.2. The first-order chi connectivity index (χ1) is 7.88. The quantitative estimate of drug-likeness (QED) is 0.886. The van der Waals surface area contributed by atoms with Gasteiger partial charge in [0.1, 0.15) is 6.33 Å². The van der Waals surface area contributed by atoms with Crippen molar-refractivity contribution in [2.24, 2.45) is 0 Å². The summed E-state index contributed by atoms with van der Waals surface area (Å²) in [7, 11) is 0. The molecule has 0 fully saturated rings. The van der Waals surface area contributed by atoms with Crippen molar-refractivity contribution >= 4 is 23.3 Å². The lowest BCUT2D eigenvalue weighted by Gasteiger charge is -2.03. The molecule has 84 valence electrons. The van der Waals surface area contributed by atoms with Crippen LogP contribution in [0.5, 0.6) is 0 Å². The Bertz CT molecular complexity index is 411. The van der Waals surface area contributed by atoms with Crippen molar-refractivity contribution in [2.45, 2.75) is 22.7 Å². The molecule has 0 aliphatic carbocycles. The number of rotatable bonds is 5. The van der Waals surface area contributed by atoms with Crippen LogP contribution in [0.3, 0.4) is 0 Å². The van der Waals surface area contributed by atoms with Crippen molar-refractivity contribution in [2.75, 3.05) is 6.54 Å². The van der Waals surface area contributed by atoms with Crippen LogP contribution in [0.1, 0.15) is 12.5 Å². The highest BCUT2D eigenvalue weighted by molar-refractivity contribution is 8.01. The van der Waals surface area contributed by atoms with Gasteiger partial charge < -0.3 is 5.32 Å². The van der Waals surface area contributed by atoms with Crippen molar-refractivity contribution < 1.29 is 0 Å². The minimum Gasteiger partial charge on any atom is -0.313 e. The van der Waals surface area contributed by atoms with Crippen molar-refractivity contribution in [3.05, 3.63) is 36.2 Å². The second-order valence-corrected chi connectivity index (χ2v) is 5.33. The second kappa shape index (κ2) is 5.98. The average Bonchev–Trinajstić information content (AvgIpc) is 2.81. The first kappa shape index (κ1) is 11.6. The summed E-state index contributed by atoms with van der Waals surface area (Å²) >= 11 is 3.08. The molecule has 16 heavy (non-hydrogen) atoms. The van der Waals surface area contributed by atoms with E-state index in [2.05, 4.69) is 45.9 Å². The van der Waals surface area contributed by atoms with Crippen molar-refractivity contribution in [3.63, 3.8) is 0 Å². The first-order valence-corrected chi connectivity index (χ1v) is 6.71. The lowest BCUT2D eigenvalue weighted by molar-refractivity contribution is 0.726. The molecular formula is C11H13N3S2. The fourth-order valence-electron chi connectivity index (χ4n) is 1.25. The van der Waals surface area contributed by atoms with Gasteiger partial charge in [0.2, 0.25) is 0 Å². The van der Waals surface area contributed by atoms with Crippen LogP contribution in [-0.4, -0.2) is 15.9 Å². The van der Waals surface area contributed by atoms with Gasteiger partial charge >= 0.3 is 0 Å². The van der Waals surface area contributed by atoms with E-state index in [-0.39, 0.29) is 0 Å². The van der Waals surface area contributed by atoms with Crippen LogP contribution in [0.25, 0.3) is 0 Å². The molecular weight excluding hydrogens is 238 g/mol. The first-order valence-electron chi connectivity index (χ1n) is 5.12. The van der Waals surface area contributed by atoms with Crippen molar-refractivity contribution in [1.29, 1.82) is 0 Å². The van der Waals surface area contributed by atoms with Crippen molar-refractivity contribution in [3.8, 4) is 0 Å². The standard InChI is InChI=1S/C11H13N3S2/c1-2-12-7-9-3-5-10(6-4-9)15-11-13-8-14-16-11/h3-6,8,12H,2,7H2,1H3. The van der Waals surface area contributed by atoms with Gasteiger partial charge in [-0.05, 0) is 35.8 Å². The molecule has 0 radical (unpaired) electrons. The van der Waals surface area contributed by atoms with Gasteiger partial charge in [-0.1, -0.05) is 30.8 Å². The predicted molar refractivity (Wildman–Crippen MR) is 67.9 cm³/mol. The van der Waals surface area contributed by atoms with Gasteiger partial charge in [-0.2, -0.15) is 4.37 Å².